The van der Waals surface area contributed by atoms with Crippen molar-refractivity contribution in [2.24, 2.45) is 5.92 Å². The number of pyridine rings is 1. The number of piperidine rings is 1. The number of amides is 1. The first kappa shape index (κ1) is 21.6. The second-order valence-electron chi connectivity index (χ2n) is 9.24. The quantitative estimate of drug-likeness (QED) is 0.499. The number of aliphatic hydroxyl groups excluding tert-OH is 1. The predicted octanol–water partition coefficient (Wildman–Crippen LogP) is 6.03. The maximum Gasteiger partial charge on any atom is 0.253 e. The van der Waals surface area contributed by atoms with E-state index in [0.29, 0.717) is 16.5 Å². The topological polar surface area (TPSA) is 53.4 Å². The number of aliphatic hydroxyl groups is 1. The number of carbonyl (C=O) groups excluding carboxylic acids is 1. The molecule has 1 aliphatic heterocycles. The van der Waals surface area contributed by atoms with Crippen LogP contribution in [-0.4, -0.2) is 40.6 Å². The summed E-state index contributed by atoms with van der Waals surface area (Å²) in [7, 11) is 0. The van der Waals surface area contributed by atoms with Gasteiger partial charge in [0.25, 0.3) is 5.91 Å². The minimum Gasteiger partial charge on any atom is -0.395 e. The Labute approximate surface area is 197 Å². The molecule has 3 heterocycles. The summed E-state index contributed by atoms with van der Waals surface area (Å²) >= 11 is 8.27. The van der Waals surface area contributed by atoms with Crippen LogP contribution in [0, 0.1) is 5.92 Å². The van der Waals surface area contributed by atoms with Gasteiger partial charge in [-0.3, -0.25) is 9.78 Å². The molecule has 0 spiro atoms. The van der Waals surface area contributed by atoms with Gasteiger partial charge in [-0.2, -0.15) is 0 Å². The largest absolute Gasteiger partial charge is 0.395 e. The first-order chi connectivity index (χ1) is 15.5. The number of carbonyl (C=O) groups is 1. The summed E-state index contributed by atoms with van der Waals surface area (Å²) in [6.45, 7) is 4.03. The first-order valence-electron chi connectivity index (χ1n) is 11.2. The lowest BCUT2D eigenvalue weighted by atomic mass is 9.98. The molecule has 4 nitrogen and oxygen atoms in total. The number of rotatable bonds is 5. The van der Waals surface area contributed by atoms with Gasteiger partial charge in [-0.1, -0.05) is 24.6 Å². The lowest BCUT2D eigenvalue weighted by Crippen LogP contribution is -2.37. The molecular formula is C26H27ClN2O2S. The van der Waals surface area contributed by atoms with Crippen LogP contribution in [0.1, 0.15) is 48.7 Å². The Bertz CT molecular complexity index is 1150. The average molecular weight is 467 g/mol. The minimum absolute atomic E-state index is 0.0689. The predicted molar refractivity (Wildman–Crippen MR) is 130 cm³/mol. The van der Waals surface area contributed by atoms with Crippen molar-refractivity contribution in [3.05, 3.63) is 64.3 Å². The third kappa shape index (κ3) is 4.09. The summed E-state index contributed by atoms with van der Waals surface area (Å²) < 4.78 is 0. The van der Waals surface area contributed by atoms with Crippen molar-refractivity contribution in [1.82, 2.24) is 9.88 Å². The van der Waals surface area contributed by atoms with Crippen molar-refractivity contribution in [3.63, 3.8) is 0 Å². The maximum absolute atomic E-state index is 12.9. The number of likely N-dealkylation sites (tertiary alicyclic amines) is 1. The van der Waals surface area contributed by atoms with Gasteiger partial charge in [0.1, 0.15) is 0 Å². The van der Waals surface area contributed by atoms with Crippen molar-refractivity contribution >= 4 is 28.8 Å². The minimum atomic E-state index is -0.146. The Kier molecular flexibility index (Phi) is 5.82. The fourth-order valence-corrected chi connectivity index (χ4v) is 5.71. The molecular weight excluding hydrogens is 440 g/mol. The zero-order chi connectivity index (χ0) is 22.3. The van der Waals surface area contributed by atoms with E-state index in [1.807, 2.05) is 29.3 Å². The first-order valence-corrected chi connectivity index (χ1v) is 12.5. The third-order valence-corrected chi connectivity index (χ3v) is 8.22. The van der Waals surface area contributed by atoms with E-state index in [2.05, 4.69) is 29.4 Å². The second kappa shape index (κ2) is 8.62. The fourth-order valence-electron chi connectivity index (χ4n) is 4.42. The number of halogens is 1. The Morgan fingerprint density at radius 2 is 1.97 bits per heavy atom. The number of hydrogen-bond donors (Lipinski definition) is 1. The molecule has 1 aromatic carbocycles. The van der Waals surface area contributed by atoms with Crippen LogP contribution in [-0.2, 0) is 5.41 Å². The van der Waals surface area contributed by atoms with Crippen LogP contribution < -0.4 is 0 Å². The maximum atomic E-state index is 12.9. The van der Waals surface area contributed by atoms with Gasteiger partial charge in [-0.25, -0.2) is 0 Å². The van der Waals surface area contributed by atoms with E-state index in [1.54, 1.807) is 17.4 Å². The van der Waals surface area contributed by atoms with Crippen molar-refractivity contribution in [1.29, 1.82) is 0 Å². The molecule has 0 radical (unpaired) electrons. The molecule has 2 fully saturated rings. The van der Waals surface area contributed by atoms with Gasteiger partial charge in [-0.15, -0.1) is 11.3 Å². The Balaban J connectivity index is 1.37. The van der Waals surface area contributed by atoms with Crippen LogP contribution in [0.4, 0.5) is 0 Å². The Morgan fingerprint density at radius 3 is 2.66 bits per heavy atom. The van der Waals surface area contributed by atoms with E-state index in [9.17, 15) is 9.90 Å². The smallest absolute Gasteiger partial charge is 0.253 e. The van der Waals surface area contributed by atoms with Crippen LogP contribution in [0.15, 0.2) is 48.0 Å². The number of nitrogens with zero attached hydrogens (tertiary/aromatic N) is 2. The summed E-state index contributed by atoms with van der Waals surface area (Å²) in [5.74, 6) is 0.757. The molecule has 32 heavy (non-hydrogen) atoms. The lowest BCUT2D eigenvalue weighted by Gasteiger charge is -2.30. The van der Waals surface area contributed by atoms with Crippen LogP contribution >= 0.6 is 22.9 Å². The zero-order valence-corrected chi connectivity index (χ0v) is 19.8. The highest BCUT2D eigenvalue weighted by Gasteiger charge is 2.45. The van der Waals surface area contributed by atoms with E-state index >= 15 is 0 Å². The third-order valence-electron chi connectivity index (χ3n) is 6.94. The molecule has 1 saturated carbocycles. The van der Waals surface area contributed by atoms with Crippen LogP contribution in [0.25, 0.3) is 21.6 Å². The van der Waals surface area contributed by atoms with Crippen LogP contribution in [0.2, 0.25) is 5.02 Å². The standard InChI is InChI=1S/C26H27ClN2O2S/c1-17-5-10-29(11-6-17)25(31)19-2-3-21(22(27)12-19)23-13-20(15-32-23)18-4-9-28-24(14-18)26(16-30)7-8-26/h2-4,9,12-15,17,30H,5-8,10-11,16H2,1H3. The van der Waals surface area contributed by atoms with Crippen molar-refractivity contribution in [2.45, 2.75) is 38.0 Å². The van der Waals surface area contributed by atoms with Gasteiger partial charge in [0, 0.05) is 46.4 Å². The van der Waals surface area contributed by atoms with Crippen LogP contribution in [0.3, 0.4) is 0 Å². The summed E-state index contributed by atoms with van der Waals surface area (Å²) in [6, 6.07) is 11.9. The fraction of sp³-hybridized carbons (Fsp3) is 0.385. The molecule has 2 aromatic heterocycles. The van der Waals surface area contributed by atoms with E-state index in [0.717, 1.165) is 66.0 Å². The monoisotopic (exact) mass is 466 g/mol. The van der Waals surface area contributed by atoms with Gasteiger partial charge in [0.2, 0.25) is 0 Å². The Hall–Kier alpha value is -2.21. The lowest BCUT2D eigenvalue weighted by molar-refractivity contribution is 0.0697. The average Bonchev–Trinajstić information content (AvgIpc) is 3.48. The second-order valence-corrected chi connectivity index (χ2v) is 10.6. The molecule has 1 aliphatic carbocycles. The van der Waals surface area contributed by atoms with E-state index in [-0.39, 0.29) is 17.9 Å². The van der Waals surface area contributed by atoms with Gasteiger partial charge in [0.15, 0.2) is 0 Å². The molecule has 166 valence electrons. The molecule has 1 N–H and O–H groups in total. The molecule has 0 bridgehead atoms. The number of benzene rings is 1. The van der Waals surface area contributed by atoms with E-state index < -0.39 is 0 Å². The number of hydrogen-bond acceptors (Lipinski definition) is 4. The van der Waals surface area contributed by atoms with Crippen LogP contribution in [0.5, 0.6) is 0 Å². The van der Waals surface area contributed by atoms with E-state index in [4.69, 9.17) is 11.6 Å². The molecule has 0 unspecified atom stereocenters. The molecule has 3 aromatic rings. The highest BCUT2D eigenvalue weighted by Crippen LogP contribution is 2.47. The normalized spacial score (nSPS) is 18.0. The summed E-state index contributed by atoms with van der Waals surface area (Å²) in [6.07, 6.45) is 5.93. The van der Waals surface area contributed by atoms with Gasteiger partial charge < -0.3 is 10.0 Å². The van der Waals surface area contributed by atoms with Crippen molar-refractivity contribution < 1.29 is 9.90 Å². The van der Waals surface area contributed by atoms with Crippen molar-refractivity contribution in [3.8, 4) is 21.6 Å². The van der Waals surface area contributed by atoms with E-state index in [1.165, 1.54) is 0 Å². The van der Waals surface area contributed by atoms with Gasteiger partial charge in [0.05, 0.1) is 11.6 Å². The van der Waals surface area contributed by atoms with Gasteiger partial charge >= 0.3 is 0 Å². The summed E-state index contributed by atoms with van der Waals surface area (Å²) in [5, 5.41) is 12.5. The Morgan fingerprint density at radius 1 is 1.19 bits per heavy atom. The van der Waals surface area contributed by atoms with Gasteiger partial charge in [-0.05, 0) is 78.4 Å². The highest BCUT2D eigenvalue weighted by molar-refractivity contribution is 7.14. The molecule has 1 amide bonds. The summed E-state index contributed by atoms with van der Waals surface area (Å²) in [5.41, 5.74) is 4.63. The molecule has 1 saturated heterocycles. The molecule has 5 rings (SSSR count). The number of aromatic nitrogens is 1. The number of thiophene rings is 1. The molecule has 2 aliphatic rings. The zero-order valence-electron chi connectivity index (χ0n) is 18.2. The molecule has 6 heteroatoms. The highest BCUT2D eigenvalue weighted by atomic mass is 35.5. The molecule has 0 atom stereocenters. The SMILES string of the molecule is CC1CCN(C(=O)c2ccc(-c3cc(-c4ccnc(C5(CO)CC5)c4)cs3)c(Cl)c2)CC1. The van der Waals surface area contributed by atoms with Crippen molar-refractivity contribution in [2.75, 3.05) is 19.7 Å². The summed E-state index contributed by atoms with van der Waals surface area (Å²) in [4.78, 5) is 20.4.